The molecule has 0 amide bonds. The van der Waals surface area contributed by atoms with Gasteiger partial charge in [0.15, 0.2) is 5.78 Å². The predicted molar refractivity (Wildman–Crippen MR) is 83.6 cm³/mol. The molecule has 1 aromatic rings. The van der Waals surface area contributed by atoms with Gasteiger partial charge in [0.25, 0.3) is 0 Å². The van der Waals surface area contributed by atoms with Gasteiger partial charge >= 0.3 is 5.97 Å². The van der Waals surface area contributed by atoms with Gasteiger partial charge < -0.3 is 14.6 Å². The lowest BCUT2D eigenvalue weighted by molar-refractivity contribution is -0.153. The highest BCUT2D eigenvalue weighted by Crippen LogP contribution is 2.25. The van der Waals surface area contributed by atoms with Crippen LogP contribution in [0.15, 0.2) is 29.8 Å². The number of phenolic OH excluding ortho intramolecular Hbond substituents is 1. The molecular formula is C17H20O6. The van der Waals surface area contributed by atoms with Crippen molar-refractivity contribution in [1.82, 2.24) is 0 Å². The van der Waals surface area contributed by atoms with Crippen LogP contribution in [0.2, 0.25) is 0 Å². The number of ketones is 2. The Morgan fingerprint density at radius 1 is 1.22 bits per heavy atom. The van der Waals surface area contributed by atoms with Crippen molar-refractivity contribution in [2.24, 2.45) is 0 Å². The summed E-state index contributed by atoms with van der Waals surface area (Å²) in [6.07, 6.45) is 1.22. The summed E-state index contributed by atoms with van der Waals surface area (Å²) >= 11 is 0. The Labute approximate surface area is 134 Å². The second-order valence-corrected chi connectivity index (χ2v) is 5.02. The van der Waals surface area contributed by atoms with Gasteiger partial charge in [-0.05, 0) is 39.0 Å². The van der Waals surface area contributed by atoms with Crippen LogP contribution < -0.4 is 4.74 Å². The first-order chi connectivity index (χ1) is 10.8. The molecule has 0 heterocycles. The highest BCUT2D eigenvalue weighted by Gasteiger charge is 2.21. The van der Waals surface area contributed by atoms with Crippen LogP contribution in [0.3, 0.4) is 0 Å². The van der Waals surface area contributed by atoms with Crippen LogP contribution in [-0.4, -0.2) is 35.9 Å². The van der Waals surface area contributed by atoms with Crippen LogP contribution in [0.4, 0.5) is 0 Å². The normalized spacial score (nSPS) is 9.87. The summed E-state index contributed by atoms with van der Waals surface area (Å²) in [5.41, 5.74) is 1.05. The van der Waals surface area contributed by atoms with Gasteiger partial charge in [-0.15, -0.1) is 0 Å². The summed E-state index contributed by atoms with van der Waals surface area (Å²) in [7, 11) is 0. The van der Waals surface area contributed by atoms with E-state index in [9.17, 15) is 19.5 Å². The number of aromatic hydroxyl groups is 1. The van der Waals surface area contributed by atoms with Crippen molar-refractivity contribution >= 4 is 17.5 Å². The minimum atomic E-state index is -1.05. The van der Waals surface area contributed by atoms with E-state index in [1.807, 2.05) is 19.9 Å². The summed E-state index contributed by atoms with van der Waals surface area (Å²) < 4.78 is 9.92. The highest BCUT2D eigenvalue weighted by atomic mass is 16.5. The van der Waals surface area contributed by atoms with E-state index in [0.717, 1.165) is 5.57 Å². The Morgan fingerprint density at radius 3 is 2.48 bits per heavy atom. The van der Waals surface area contributed by atoms with Crippen molar-refractivity contribution < 1.29 is 29.0 Å². The molecule has 0 fully saturated rings. The maximum Gasteiger partial charge on any atom is 0.375 e. The van der Waals surface area contributed by atoms with Crippen molar-refractivity contribution in [3.8, 4) is 11.5 Å². The first-order valence-electron chi connectivity index (χ1n) is 7.17. The van der Waals surface area contributed by atoms with E-state index in [4.69, 9.17) is 4.74 Å². The zero-order valence-electron chi connectivity index (χ0n) is 13.4. The summed E-state index contributed by atoms with van der Waals surface area (Å²) in [5.74, 6) is -2.56. The predicted octanol–water partition coefficient (Wildman–Crippen LogP) is 2.44. The van der Waals surface area contributed by atoms with Gasteiger partial charge in [0, 0.05) is 6.07 Å². The summed E-state index contributed by atoms with van der Waals surface area (Å²) in [5, 5.41) is 9.88. The number of carbonyl (C=O) groups excluding carboxylic acids is 3. The lowest BCUT2D eigenvalue weighted by atomic mass is 10.0. The second-order valence-electron chi connectivity index (χ2n) is 5.02. The number of phenols is 1. The number of benzene rings is 1. The van der Waals surface area contributed by atoms with Gasteiger partial charge in [0.1, 0.15) is 18.1 Å². The zero-order valence-corrected chi connectivity index (χ0v) is 13.4. The number of allylic oxidation sites excluding steroid dienone is 1. The van der Waals surface area contributed by atoms with Gasteiger partial charge in [-0.2, -0.15) is 0 Å². The van der Waals surface area contributed by atoms with Crippen molar-refractivity contribution in [1.29, 1.82) is 0 Å². The van der Waals surface area contributed by atoms with E-state index >= 15 is 0 Å². The van der Waals surface area contributed by atoms with E-state index in [-0.39, 0.29) is 17.9 Å². The van der Waals surface area contributed by atoms with Crippen LogP contribution in [0, 0.1) is 0 Å². The molecule has 0 aliphatic carbocycles. The van der Waals surface area contributed by atoms with Crippen molar-refractivity contribution in [3.05, 3.63) is 35.4 Å². The molecule has 0 radical (unpaired) electrons. The Kier molecular flexibility index (Phi) is 6.99. The molecule has 23 heavy (non-hydrogen) atoms. The van der Waals surface area contributed by atoms with Gasteiger partial charge in [0.05, 0.1) is 18.6 Å². The van der Waals surface area contributed by atoms with Crippen LogP contribution in [0.5, 0.6) is 11.5 Å². The number of ether oxygens (including phenoxy) is 2. The van der Waals surface area contributed by atoms with E-state index in [1.54, 1.807) is 6.92 Å². The van der Waals surface area contributed by atoms with Gasteiger partial charge in [-0.25, -0.2) is 4.79 Å². The Morgan fingerprint density at radius 2 is 1.91 bits per heavy atom. The Balaban J connectivity index is 2.73. The molecule has 1 rings (SSSR count). The maximum atomic E-state index is 12.0. The number of Topliss-reactive ketones (excluding diaryl/α,β-unsaturated/α-hetero) is 2. The summed E-state index contributed by atoms with van der Waals surface area (Å²) in [4.78, 5) is 34.7. The highest BCUT2D eigenvalue weighted by molar-refractivity contribution is 6.38. The van der Waals surface area contributed by atoms with Gasteiger partial charge in [0.2, 0.25) is 5.78 Å². The SMILES string of the molecule is CCOC(=O)C(=O)CC(=O)c1ccc(OCC=C(C)C)cc1O. The van der Waals surface area contributed by atoms with Crippen LogP contribution in [-0.2, 0) is 14.3 Å². The second kappa shape index (κ2) is 8.73. The van der Waals surface area contributed by atoms with Crippen LogP contribution in [0.1, 0.15) is 37.6 Å². The smallest absolute Gasteiger partial charge is 0.375 e. The summed E-state index contributed by atoms with van der Waals surface area (Å²) in [6, 6.07) is 4.16. The molecule has 6 heteroatoms. The average Bonchev–Trinajstić information content (AvgIpc) is 2.47. The third-order valence-corrected chi connectivity index (χ3v) is 2.84. The van der Waals surface area contributed by atoms with E-state index < -0.39 is 24.0 Å². The van der Waals surface area contributed by atoms with Crippen molar-refractivity contribution in [3.63, 3.8) is 0 Å². The number of esters is 1. The molecule has 0 unspecified atom stereocenters. The lowest BCUT2D eigenvalue weighted by Gasteiger charge is -2.07. The number of carbonyl (C=O) groups is 3. The fraction of sp³-hybridized carbons (Fsp3) is 0.353. The van der Waals surface area contributed by atoms with Gasteiger partial charge in [-0.3, -0.25) is 9.59 Å². The molecule has 1 N–H and O–H groups in total. The quantitative estimate of drug-likeness (QED) is 0.260. The molecule has 0 bridgehead atoms. The lowest BCUT2D eigenvalue weighted by Crippen LogP contribution is -2.20. The number of rotatable bonds is 8. The first-order valence-corrected chi connectivity index (χ1v) is 7.17. The Bertz CT molecular complexity index is 626. The first kappa shape index (κ1) is 18.4. The van der Waals surface area contributed by atoms with Crippen LogP contribution in [0.25, 0.3) is 0 Å². The molecule has 0 saturated carbocycles. The fourth-order valence-electron chi connectivity index (χ4n) is 1.67. The fourth-order valence-corrected chi connectivity index (χ4v) is 1.67. The molecule has 1 aromatic carbocycles. The topological polar surface area (TPSA) is 89.9 Å². The molecular weight excluding hydrogens is 300 g/mol. The van der Waals surface area contributed by atoms with E-state index in [2.05, 4.69) is 4.74 Å². The van der Waals surface area contributed by atoms with Gasteiger partial charge in [-0.1, -0.05) is 5.57 Å². The third-order valence-electron chi connectivity index (χ3n) is 2.84. The Hall–Kier alpha value is -2.63. The molecule has 0 aliphatic rings. The molecule has 0 aromatic heterocycles. The molecule has 0 aliphatic heterocycles. The molecule has 0 saturated heterocycles. The third kappa shape index (κ3) is 5.94. The molecule has 0 atom stereocenters. The minimum Gasteiger partial charge on any atom is -0.507 e. The number of hydrogen-bond donors (Lipinski definition) is 1. The summed E-state index contributed by atoms with van der Waals surface area (Å²) in [6.45, 7) is 5.83. The zero-order chi connectivity index (χ0) is 17.4. The largest absolute Gasteiger partial charge is 0.507 e. The van der Waals surface area contributed by atoms with Crippen molar-refractivity contribution in [2.45, 2.75) is 27.2 Å². The standard InChI is InChI=1S/C17H20O6/c1-4-22-17(21)16(20)10-15(19)13-6-5-12(9-14(13)18)23-8-7-11(2)3/h5-7,9,18H,4,8,10H2,1-3H3. The van der Waals surface area contributed by atoms with Crippen molar-refractivity contribution in [2.75, 3.05) is 13.2 Å². The van der Waals surface area contributed by atoms with Crippen LogP contribution >= 0.6 is 0 Å². The molecule has 6 nitrogen and oxygen atoms in total. The molecule has 124 valence electrons. The minimum absolute atomic E-state index is 0.0442. The maximum absolute atomic E-state index is 12.0. The average molecular weight is 320 g/mol. The number of hydrogen-bond acceptors (Lipinski definition) is 6. The van der Waals surface area contributed by atoms with E-state index in [0.29, 0.717) is 12.4 Å². The monoisotopic (exact) mass is 320 g/mol. The molecule has 0 spiro atoms. The van der Waals surface area contributed by atoms with E-state index in [1.165, 1.54) is 18.2 Å².